The molecule has 5 rings (SSSR count). The van der Waals surface area contributed by atoms with Gasteiger partial charge in [-0.1, -0.05) is 6.07 Å². The molecule has 2 aliphatic rings. The molecule has 5 heterocycles. The van der Waals surface area contributed by atoms with Gasteiger partial charge in [-0.05, 0) is 30.2 Å². The van der Waals surface area contributed by atoms with Gasteiger partial charge in [-0.2, -0.15) is 0 Å². The summed E-state index contributed by atoms with van der Waals surface area (Å²) in [5, 5.41) is 1.01. The molecule has 0 aromatic carbocycles. The average Bonchev–Trinajstić information content (AvgIpc) is 3.44. The van der Waals surface area contributed by atoms with E-state index in [1.54, 1.807) is 18.3 Å². The Morgan fingerprint density at radius 3 is 2.68 bits per heavy atom. The number of fused-ring (bicyclic) bond motifs is 1. The molecule has 2 saturated heterocycles. The van der Waals surface area contributed by atoms with Gasteiger partial charge in [-0.15, -0.1) is 11.3 Å². The van der Waals surface area contributed by atoms with Crippen LogP contribution in [-0.2, 0) is 4.74 Å². The van der Waals surface area contributed by atoms with Crippen LogP contribution < -0.4 is 5.73 Å². The van der Waals surface area contributed by atoms with Crippen molar-refractivity contribution in [3.8, 4) is 0 Å². The van der Waals surface area contributed by atoms with Crippen LogP contribution in [0.4, 0.5) is 5.82 Å². The zero-order valence-electron chi connectivity index (χ0n) is 17.0. The second-order valence-corrected chi connectivity index (χ2v) is 8.81. The number of morpholine rings is 1. The lowest BCUT2D eigenvalue weighted by Crippen LogP contribution is -2.40. The summed E-state index contributed by atoms with van der Waals surface area (Å²) in [6.07, 6.45) is 4.07. The number of nitrogens with zero attached hydrogens (tertiary/aromatic N) is 4. The highest BCUT2D eigenvalue weighted by molar-refractivity contribution is 7.20. The summed E-state index contributed by atoms with van der Waals surface area (Å²) in [6.45, 7) is 3.51. The third-order valence-electron chi connectivity index (χ3n) is 5.91. The number of carbonyl (C=O) groups is 2. The van der Waals surface area contributed by atoms with Crippen molar-refractivity contribution in [3.05, 3.63) is 52.7 Å². The fraction of sp³-hybridized carbons (Fsp3) is 0.364. The number of ether oxygens (including phenoxy) is 1. The van der Waals surface area contributed by atoms with Crippen LogP contribution in [-0.4, -0.2) is 71.0 Å². The number of nitrogens with two attached hydrogens (primary N) is 1. The molecule has 2 fully saturated rings. The van der Waals surface area contributed by atoms with E-state index in [0.717, 1.165) is 27.1 Å². The van der Waals surface area contributed by atoms with E-state index in [-0.39, 0.29) is 17.7 Å². The van der Waals surface area contributed by atoms with Crippen molar-refractivity contribution < 1.29 is 14.3 Å². The number of likely N-dealkylation sites (tertiary alicyclic amines) is 1. The van der Waals surface area contributed by atoms with Gasteiger partial charge in [0.1, 0.15) is 10.6 Å². The average molecular weight is 438 g/mol. The molecule has 3 aromatic heterocycles. The molecule has 0 saturated carbocycles. The molecule has 0 unspecified atom stereocenters. The maximum Gasteiger partial charge on any atom is 0.264 e. The summed E-state index contributed by atoms with van der Waals surface area (Å²) < 4.78 is 5.40. The van der Waals surface area contributed by atoms with Crippen LogP contribution in [0.2, 0.25) is 0 Å². The predicted molar refractivity (Wildman–Crippen MR) is 118 cm³/mol. The van der Waals surface area contributed by atoms with E-state index in [1.807, 2.05) is 21.9 Å². The molecule has 2 N–H and O–H groups in total. The summed E-state index contributed by atoms with van der Waals surface area (Å²) in [5.74, 6) is 0.450. The Morgan fingerprint density at radius 2 is 1.90 bits per heavy atom. The van der Waals surface area contributed by atoms with Crippen LogP contribution in [0.1, 0.15) is 37.9 Å². The van der Waals surface area contributed by atoms with Crippen LogP contribution in [0, 0.1) is 0 Å². The van der Waals surface area contributed by atoms with E-state index in [1.165, 1.54) is 17.5 Å². The van der Waals surface area contributed by atoms with Gasteiger partial charge in [0.2, 0.25) is 0 Å². The Balaban J connectivity index is 1.45. The zero-order chi connectivity index (χ0) is 21.4. The van der Waals surface area contributed by atoms with Gasteiger partial charge in [0.05, 0.1) is 23.7 Å². The van der Waals surface area contributed by atoms with E-state index < -0.39 is 0 Å². The molecule has 0 spiro atoms. The number of nitrogen functional groups attached to an aromatic ring is 1. The highest BCUT2D eigenvalue weighted by atomic mass is 32.1. The molecule has 1 atom stereocenters. The minimum Gasteiger partial charge on any atom is -0.384 e. The summed E-state index contributed by atoms with van der Waals surface area (Å²) in [4.78, 5) is 40.1. The minimum absolute atomic E-state index is 0.0359. The van der Waals surface area contributed by atoms with Gasteiger partial charge in [0.15, 0.2) is 0 Å². The second kappa shape index (κ2) is 8.24. The normalized spacial score (nSPS) is 19.2. The van der Waals surface area contributed by atoms with Crippen molar-refractivity contribution in [2.24, 2.45) is 0 Å². The number of thiophene rings is 1. The van der Waals surface area contributed by atoms with Crippen molar-refractivity contribution >= 4 is 39.2 Å². The Bertz CT molecular complexity index is 1120. The van der Waals surface area contributed by atoms with Crippen molar-refractivity contribution in [2.75, 3.05) is 45.1 Å². The largest absolute Gasteiger partial charge is 0.384 e. The Morgan fingerprint density at radius 1 is 1.06 bits per heavy atom. The first-order valence-corrected chi connectivity index (χ1v) is 11.2. The van der Waals surface area contributed by atoms with Gasteiger partial charge < -0.3 is 20.3 Å². The molecule has 9 heteroatoms. The molecule has 8 nitrogen and oxygen atoms in total. The van der Waals surface area contributed by atoms with E-state index >= 15 is 0 Å². The molecule has 0 bridgehead atoms. The summed E-state index contributed by atoms with van der Waals surface area (Å²) in [6, 6.07) is 7.27. The fourth-order valence-corrected chi connectivity index (χ4v) is 5.52. The van der Waals surface area contributed by atoms with Crippen molar-refractivity contribution in [3.63, 3.8) is 0 Å². The maximum absolute atomic E-state index is 13.4. The zero-order valence-corrected chi connectivity index (χ0v) is 17.8. The number of pyridine rings is 2. The van der Waals surface area contributed by atoms with Crippen LogP contribution in [0.3, 0.4) is 0 Å². The molecule has 3 aromatic rings. The number of hydrogen-bond donors (Lipinski definition) is 1. The molecule has 31 heavy (non-hydrogen) atoms. The van der Waals surface area contributed by atoms with Gasteiger partial charge >= 0.3 is 0 Å². The van der Waals surface area contributed by atoms with Crippen molar-refractivity contribution in [1.29, 1.82) is 0 Å². The number of rotatable bonds is 3. The highest BCUT2D eigenvalue weighted by Crippen LogP contribution is 2.40. The van der Waals surface area contributed by atoms with Gasteiger partial charge in [0, 0.05) is 49.9 Å². The molecule has 0 radical (unpaired) electrons. The van der Waals surface area contributed by atoms with Crippen LogP contribution in [0.25, 0.3) is 10.2 Å². The number of aromatic nitrogens is 2. The Labute approximate surface area is 183 Å². The van der Waals surface area contributed by atoms with Gasteiger partial charge in [0.25, 0.3) is 11.8 Å². The van der Waals surface area contributed by atoms with Gasteiger partial charge in [-0.3, -0.25) is 9.59 Å². The first-order chi connectivity index (χ1) is 15.1. The predicted octanol–water partition coefficient (Wildman–Crippen LogP) is 2.38. The smallest absolute Gasteiger partial charge is 0.264 e. The summed E-state index contributed by atoms with van der Waals surface area (Å²) >= 11 is 1.45. The Hall–Kier alpha value is -3.04. The van der Waals surface area contributed by atoms with Crippen molar-refractivity contribution in [2.45, 2.75) is 12.3 Å². The lowest BCUT2D eigenvalue weighted by atomic mass is 9.95. The lowest BCUT2D eigenvalue weighted by molar-refractivity contribution is 0.0305. The quantitative estimate of drug-likeness (QED) is 0.675. The Kier molecular flexibility index (Phi) is 5.29. The third kappa shape index (κ3) is 3.75. The number of anilines is 1. The van der Waals surface area contributed by atoms with E-state index in [4.69, 9.17) is 10.5 Å². The lowest BCUT2D eigenvalue weighted by Gasteiger charge is -2.27. The molecule has 2 amide bonds. The van der Waals surface area contributed by atoms with Crippen LogP contribution in [0.15, 0.2) is 36.7 Å². The van der Waals surface area contributed by atoms with Gasteiger partial charge in [-0.25, -0.2) is 9.97 Å². The first-order valence-electron chi connectivity index (χ1n) is 10.4. The molecular formula is C22H23N5O3S. The number of hydrogen-bond acceptors (Lipinski definition) is 7. The standard InChI is InChI=1S/C22H23N5O3S/c23-17-4-3-14(12-25-17)21(28)27-7-5-15(13-27)18-16-2-1-6-24-20(16)31-19(18)22(29)26-8-10-30-11-9-26/h1-4,6,12,15H,5,7-11,13H2,(H2,23,25)/t15-/m1/s1. The monoisotopic (exact) mass is 437 g/mol. The number of carbonyl (C=O) groups excluding carboxylic acids is 2. The van der Waals surface area contributed by atoms with Crippen LogP contribution >= 0.6 is 11.3 Å². The van der Waals surface area contributed by atoms with E-state index in [0.29, 0.717) is 50.8 Å². The molecular weight excluding hydrogens is 414 g/mol. The SMILES string of the molecule is Nc1ccc(C(=O)N2CC[C@@H](c3c(C(=O)N4CCOCC4)sc4ncccc34)C2)cn1. The minimum atomic E-state index is -0.0614. The van der Waals surface area contributed by atoms with Crippen molar-refractivity contribution in [1.82, 2.24) is 19.8 Å². The molecule has 0 aliphatic carbocycles. The summed E-state index contributed by atoms with van der Waals surface area (Å²) in [5.41, 5.74) is 7.19. The third-order valence-corrected chi connectivity index (χ3v) is 7.03. The molecule has 160 valence electrons. The van der Waals surface area contributed by atoms with E-state index in [2.05, 4.69) is 9.97 Å². The number of amides is 2. The summed E-state index contributed by atoms with van der Waals surface area (Å²) in [7, 11) is 0. The topological polar surface area (TPSA) is 102 Å². The second-order valence-electron chi connectivity index (χ2n) is 7.81. The first kappa shape index (κ1) is 19.9. The highest BCUT2D eigenvalue weighted by Gasteiger charge is 2.34. The van der Waals surface area contributed by atoms with E-state index in [9.17, 15) is 9.59 Å². The maximum atomic E-state index is 13.4. The fourth-order valence-electron chi connectivity index (χ4n) is 4.32. The molecule has 2 aliphatic heterocycles. The van der Waals surface area contributed by atoms with Crippen LogP contribution in [0.5, 0.6) is 0 Å².